The maximum Gasteiger partial charge on any atom is 0.252 e. The van der Waals surface area contributed by atoms with Crippen molar-refractivity contribution in [3.05, 3.63) is 58.9 Å². The van der Waals surface area contributed by atoms with Crippen molar-refractivity contribution in [1.29, 1.82) is 0 Å². The number of carbonyl (C=O) groups excluding carboxylic acids is 1. The van der Waals surface area contributed by atoms with E-state index in [0.29, 0.717) is 17.9 Å². The van der Waals surface area contributed by atoms with Gasteiger partial charge in [0.05, 0.1) is 11.4 Å². The molecule has 0 bridgehead atoms. The van der Waals surface area contributed by atoms with Gasteiger partial charge in [0, 0.05) is 28.5 Å². The van der Waals surface area contributed by atoms with E-state index >= 15 is 0 Å². The zero-order chi connectivity index (χ0) is 16.6. The summed E-state index contributed by atoms with van der Waals surface area (Å²) in [7, 11) is 0. The Morgan fingerprint density at radius 3 is 2.58 bits per heavy atom. The number of aromatic nitrogens is 1. The van der Waals surface area contributed by atoms with Crippen LogP contribution >= 0.6 is 11.6 Å². The summed E-state index contributed by atoms with van der Waals surface area (Å²) < 4.78 is 0. The number of nitrogens with one attached hydrogen (secondary N) is 2. The van der Waals surface area contributed by atoms with Gasteiger partial charge in [-0.15, -0.1) is 0 Å². The first kappa shape index (κ1) is 15.3. The second-order valence-corrected chi connectivity index (χ2v) is 6.56. The number of fused-ring (bicyclic) bond motifs is 1. The molecule has 1 fully saturated rings. The molecule has 4 rings (SSSR count). The minimum Gasteiger partial charge on any atom is -0.323 e. The Morgan fingerprint density at radius 1 is 1.08 bits per heavy atom. The first-order chi connectivity index (χ1) is 11.7. The number of anilines is 1. The Morgan fingerprint density at radius 2 is 1.83 bits per heavy atom. The molecule has 0 atom stereocenters. The first-order valence-corrected chi connectivity index (χ1v) is 8.38. The fourth-order valence-corrected chi connectivity index (χ4v) is 3.47. The maximum absolute atomic E-state index is 12.9. The van der Waals surface area contributed by atoms with Crippen molar-refractivity contribution in [3.8, 4) is 0 Å². The van der Waals surface area contributed by atoms with E-state index < -0.39 is 5.54 Å². The van der Waals surface area contributed by atoms with Crippen molar-refractivity contribution in [3.63, 3.8) is 0 Å². The Labute approximate surface area is 145 Å². The number of carbonyl (C=O) groups is 1. The van der Waals surface area contributed by atoms with Gasteiger partial charge in [-0.25, -0.2) is 0 Å². The van der Waals surface area contributed by atoms with Gasteiger partial charge in [-0.2, -0.15) is 0 Å². The molecule has 2 aromatic rings. The minimum absolute atomic E-state index is 0.0448. The van der Waals surface area contributed by atoms with E-state index in [9.17, 15) is 4.79 Å². The summed E-state index contributed by atoms with van der Waals surface area (Å²) in [4.78, 5) is 22.0. The van der Waals surface area contributed by atoms with Crippen LogP contribution in [0.15, 0.2) is 47.7 Å². The van der Waals surface area contributed by atoms with Gasteiger partial charge >= 0.3 is 0 Å². The molecule has 2 aliphatic rings. The number of hydrogen-bond acceptors (Lipinski definition) is 4. The predicted octanol–water partition coefficient (Wildman–Crippen LogP) is 2.65. The number of hydrogen-bond donors (Lipinski definition) is 2. The number of aliphatic imine (C=N–C) groups is 1. The lowest BCUT2D eigenvalue weighted by molar-refractivity contribution is -0.121. The standard InChI is InChI=1S/C18H17ClN4O/c19-13-1-2-15-14(11-13)16(12-3-7-20-8-4-12)23-18(17(24)22-15)5-9-21-10-6-18/h1-4,7-8,11,21H,5-6,9-10H2,(H,22,24). The number of piperidine rings is 1. The van der Waals surface area contributed by atoms with Crippen LogP contribution in [0.3, 0.4) is 0 Å². The summed E-state index contributed by atoms with van der Waals surface area (Å²) in [6, 6.07) is 9.30. The zero-order valence-electron chi connectivity index (χ0n) is 13.1. The molecular formula is C18H17ClN4O. The molecule has 1 aromatic heterocycles. The number of nitrogens with zero attached hydrogens (tertiary/aromatic N) is 2. The van der Waals surface area contributed by atoms with Gasteiger partial charge in [-0.05, 0) is 56.3 Å². The molecule has 0 radical (unpaired) electrons. The van der Waals surface area contributed by atoms with Gasteiger partial charge in [-0.1, -0.05) is 11.6 Å². The molecule has 0 aliphatic carbocycles. The highest BCUT2D eigenvalue weighted by Crippen LogP contribution is 2.34. The molecule has 1 aromatic carbocycles. The highest BCUT2D eigenvalue weighted by Gasteiger charge is 2.42. The van der Waals surface area contributed by atoms with Crippen LogP contribution in [-0.4, -0.2) is 35.2 Å². The topological polar surface area (TPSA) is 66.4 Å². The molecule has 2 N–H and O–H groups in total. The lowest BCUT2D eigenvalue weighted by atomic mass is 9.87. The van der Waals surface area contributed by atoms with E-state index in [2.05, 4.69) is 15.6 Å². The van der Waals surface area contributed by atoms with Crippen molar-refractivity contribution in [2.45, 2.75) is 18.4 Å². The second-order valence-electron chi connectivity index (χ2n) is 6.12. The zero-order valence-corrected chi connectivity index (χ0v) is 13.8. The number of benzene rings is 1. The monoisotopic (exact) mass is 340 g/mol. The lowest BCUT2D eigenvalue weighted by Crippen LogP contribution is -2.49. The van der Waals surface area contributed by atoms with Crippen LogP contribution in [0.1, 0.15) is 24.0 Å². The first-order valence-electron chi connectivity index (χ1n) is 8.00. The van der Waals surface area contributed by atoms with Crippen molar-refractivity contribution in [2.75, 3.05) is 18.4 Å². The summed E-state index contributed by atoms with van der Waals surface area (Å²) in [5.41, 5.74) is 2.57. The molecule has 5 nitrogen and oxygen atoms in total. The predicted molar refractivity (Wildman–Crippen MR) is 94.8 cm³/mol. The van der Waals surface area contributed by atoms with Crippen LogP contribution in [0, 0.1) is 0 Å². The normalized spacial score (nSPS) is 19.2. The van der Waals surface area contributed by atoms with E-state index in [1.54, 1.807) is 18.5 Å². The average molecular weight is 341 g/mol. The van der Waals surface area contributed by atoms with Crippen LogP contribution < -0.4 is 10.6 Å². The molecule has 1 amide bonds. The fraction of sp³-hybridized carbons (Fsp3) is 0.278. The van der Waals surface area contributed by atoms with Crippen LogP contribution in [-0.2, 0) is 4.79 Å². The van der Waals surface area contributed by atoms with Gasteiger partial charge in [0.1, 0.15) is 5.54 Å². The van der Waals surface area contributed by atoms with Gasteiger partial charge in [0.25, 0.3) is 5.91 Å². The van der Waals surface area contributed by atoms with E-state index in [4.69, 9.17) is 16.6 Å². The number of amides is 1. The van der Waals surface area contributed by atoms with Crippen LogP contribution in [0.5, 0.6) is 0 Å². The molecule has 2 aliphatic heterocycles. The Hall–Kier alpha value is -2.24. The van der Waals surface area contributed by atoms with Gasteiger partial charge < -0.3 is 10.6 Å². The molecule has 24 heavy (non-hydrogen) atoms. The highest BCUT2D eigenvalue weighted by molar-refractivity contribution is 6.32. The van der Waals surface area contributed by atoms with Gasteiger partial charge in [0.2, 0.25) is 0 Å². The van der Waals surface area contributed by atoms with Gasteiger partial charge in [-0.3, -0.25) is 14.8 Å². The van der Waals surface area contributed by atoms with E-state index in [0.717, 1.165) is 35.6 Å². The second kappa shape index (κ2) is 6.00. The Kier molecular flexibility index (Phi) is 3.82. The molecule has 0 saturated carbocycles. The fourth-order valence-electron chi connectivity index (χ4n) is 3.29. The van der Waals surface area contributed by atoms with Crippen LogP contribution in [0.4, 0.5) is 5.69 Å². The van der Waals surface area contributed by atoms with Crippen molar-refractivity contribution < 1.29 is 4.79 Å². The Bertz CT molecular complexity index is 813. The third-order valence-electron chi connectivity index (χ3n) is 4.62. The van der Waals surface area contributed by atoms with Crippen molar-refractivity contribution in [1.82, 2.24) is 10.3 Å². The van der Waals surface area contributed by atoms with E-state index in [1.807, 2.05) is 24.3 Å². The lowest BCUT2D eigenvalue weighted by Gasteiger charge is -2.32. The highest BCUT2D eigenvalue weighted by atomic mass is 35.5. The third kappa shape index (κ3) is 2.60. The number of pyridine rings is 1. The summed E-state index contributed by atoms with van der Waals surface area (Å²) in [5.74, 6) is -0.0448. The molecule has 1 spiro atoms. The molecular weight excluding hydrogens is 324 g/mol. The summed E-state index contributed by atoms with van der Waals surface area (Å²) in [6.07, 6.45) is 4.82. The summed E-state index contributed by atoms with van der Waals surface area (Å²) in [5, 5.41) is 6.97. The quantitative estimate of drug-likeness (QED) is 0.838. The smallest absolute Gasteiger partial charge is 0.252 e. The molecule has 122 valence electrons. The number of halogens is 1. The van der Waals surface area contributed by atoms with Crippen molar-refractivity contribution >= 4 is 28.9 Å². The number of rotatable bonds is 1. The largest absolute Gasteiger partial charge is 0.323 e. The minimum atomic E-state index is -0.741. The SMILES string of the molecule is O=C1Nc2ccc(Cl)cc2C(c2ccncc2)=NC12CCNCC2. The molecule has 3 heterocycles. The van der Waals surface area contributed by atoms with Crippen molar-refractivity contribution in [2.24, 2.45) is 4.99 Å². The molecule has 1 saturated heterocycles. The third-order valence-corrected chi connectivity index (χ3v) is 4.85. The summed E-state index contributed by atoms with van der Waals surface area (Å²) in [6.45, 7) is 1.55. The maximum atomic E-state index is 12.9. The van der Waals surface area contributed by atoms with Crippen LogP contribution in [0.25, 0.3) is 0 Å². The van der Waals surface area contributed by atoms with Gasteiger partial charge in [0.15, 0.2) is 0 Å². The Balaban J connectivity index is 1.94. The van der Waals surface area contributed by atoms with E-state index in [1.165, 1.54) is 0 Å². The average Bonchev–Trinajstić information content (AvgIpc) is 2.73. The molecule has 6 heteroatoms. The molecule has 0 unspecified atom stereocenters. The summed E-state index contributed by atoms with van der Waals surface area (Å²) >= 11 is 6.21. The van der Waals surface area contributed by atoms with E-state index in [-0.39, 0.29) is 5.91 Å². The van der Waals surface area contributed by atoms with Crippen LogP contribution in [0.2, 0.25) is 5.02 Å².